The van der Waals surface area contributed by atoms with Crippen molar-refractivity contribution in [2.75, 3.05) is 0 Å². The lowest BCUT2D eigenvalue weighted by atomic mass is 10.0. The van der Waals surface area contributed by atoms with Crippen molar-refractivity contribution < 1.29 is 4.79 Å². The predicted octanol–water partition coefficient (Wildman–Crippen LogP) is 4.22. The quantitative estimate of drug-likeness (QED) is 0.478. The number of hydrogen-bond acceptors (Lipinski definition) is 3. The van der Waals surface area contributed by atoms with Crippen LogP contribution in [0.15, 0.2) is 77.7 Å². The molecule has 0 bridgehead atoms. The summed E-state index contributed by atoms with van der Waals surface area (Å²) in [5, 5.41) is 1.27. The van der Waals surface area contributed by atoms with Crippen molar-refractivity contribution in [3.8, 4) is 11.3 Å². The van der Waals surface area contributed by atoms with Crippen molar-refractivity contribution in [2.45, 2.75) is 13.0 Å². The third-order valence-electron chi connectivity index (χ3n) is 5.28. The van der Waals surface area contributed by atoms with Crippen molar-refractivity contribution in [3.05, 3.63) is 100 Å². The van der Waals surface area contributed by atoms with Gasteiger partial charge in [0.1, 0.15) is 0 Å². The van der Waals surface area contributed by atoms with Crippen LogP contribution in [0.4, 0.5) is 0 Å². The third-order valence-corrected chi connectivity index (χ3v) is 5.28. The van der Waals surface area contributed by atoms with Crippen LogP contribution in [0.25, 0.3) is 22.0 Å². The lowest BCUT2D eigenvalue weighted by Crippen LogP contribution is -2.27. The molecule has 4 heteroatoms. The molecule has 4 nitrogen and oxygen atoms in total. The number of carbonyl (C=O) groups is 1. The zero-order valence-corrected chi connectivity index (χ0v) is 14.7. The van der Waals surface area contributed by atoms with E-state index < -0.39 is 0 Å². The van der Waals surface area contributed by atoms with E-state index in [0.29, 0.717) is 27.6 Å². The smallest absolute Gasteiger partial charge is 0.259 e. The summed E-state index contributed by atoms with van der Waals surface area (Å²) in [7, 11) is 0. The molecule has 2 aromatic carbocycles. The lowest BCUT2D eigenvalue weighted by molar-refractivity contribution is 0.104. The Bertz CT molecular complexity index is 1270. The Hall–Kier alpha value is -3.53. The molecule has 0 radical (unpaired) electrons. The van der Waals surface area contributed by atoms with Gasteiger partial charge in [0, 0.05) is 28.1 Å². The first-order chi connectivity index (χ1) is 13.2. The van der Waals surface area contributed by atoms with Gasteiger partial charge in [-0.1, -0.05) is 48.5 Å². The van der Waals surface area contributed by atoms with Gasteiger partial charge in [-0.2, -0.15) is 0 Å². The molecule has 2 heterocycles. The fourth-order valence-electron chi connectivity index (χ4n) is 4.01. The summed E-state index contributed by atoms with van der Waals surface area (Å²) in [5.41, 5.74) is 3.43. The van der Waals surface area contributed by atoms with Crippen LogP contribution in [0.2, 0.25) is 0 Å². The minimum absolute atomic E-state index is 0.0289. The van der Waals surface area contributed by atoms with Gasteiger partial charge in [0.05, 0.1) is 23.0 Å². The van der Waals surface area contributed by atoms with Crippen molar-refractivity contribution in [1.29, 1.82) is 0 Å². The van der Waals surface area contributed by atoms with Gasteiger partial charge in [-0.25, -0.2) is 0 Å². The molecule has 0 saturated heterocycles. The standard InChI is InChI=1S/C23H16N2O2/c1-14(19-12-6-7-13-24-19)25-21-16-9-3-4-10-17(16)22(26)20(21)15-8-2-5-11-18(15)23(25)27/h2-14H,1H3. The van der Waals surface area contributed by atoms with Gasteiger partial charge in [0.15, 0.2) is 5.78 Å². The maximum Gasteiger partial charge on any atom is 0.259 e. The van der Waals surface area contributed by atoms with Gasteiger partial charge in [-0.05, 0) is 25.1 Å². The number of carbonyl (C=O) groups excluding carboxylic acids is 1. The first-order valence-corrected chi connectivity index (χ1v) is 8.90. The number of hydrogen-bond donors (Lipinski definition) is 0. The molecule has 0 fully saturated rings. The molecule has 0 amide bonds. The van der Waals surface area contributed by atoms with Crippen molar-refractivity contribution in [3.63, 3.8) is 0 Å². The second-order valence-electron chi connectivity index (χ2n) is 6.75. The first-order valence-electron chi connectivity index (χ1n) is 8.90. The number of rotatable bonds is 2. The average molecular weight is 352 g/mol. The summed E-state index contributed by atoms with van der Waals surface area (Å²) in [6.45, 7) is 1.95. The van der Waals surface area contributed by atoms with E-state index in [2.05, 4.69) is 4.98 Å². The Labute approximate surface area is 155 Å². The molecule has 1 atom stereocenters. The third kappa shape index (κ3) is 2.13. The molecular weight excluding hydrogens is 336 g/mol. The van der Waals surface area contributed by atoms with Gasteiger partial charge in [0.2, 0.25) is 0 Å². The zero-order chi connectivity index (χ0) is 18.5. The van der Waals surface area contributed by atoms with Crippen molar-refractivity contribution >= 4 is 16.6 Å². The van der Waals surface area contributed by atoms with E-state index in [9.17, 15) is 9.59 Å². The fourth-order valence-corrected chi connectivity index (χ4v) is 4.01. The maximum absolute atomic E-state index is 13.4. The monoisotopic (exact) mass is 352 g/mol. The molecule has 130 valence electrons. The number of ketones is 1. The molecule has 0 saturated carbocycles. The Morgan fingerprint density at radius 2 is 1.48 bits per heavy atom. The summed E-state index contributed by atoms with van der Waals surface area (Å²) in [4.78, 5) is 31.1. The minimum atomic E-state index is -0.295. The number of benzene rings is 2. The molecule has 1 aliphatic carbocycles. The molecule has 0 spiro atoms. The van der Waals surface area contributed by atoms with Gasteiger partial charge >= 0.3 is 0 Å². The van der Waals surface area contributed by atoms with Crippen LogP contribution >= 0.6 is 0 Å². The number of fused-ring (bicyclic) bond motifs is 5. The van der Waals surface area contributed by atoms with Gasteiger partial charge in [-0.3, -0.25) is 19.1 Å². The zero-order valence-electron chi connectivity index (χ0n) is 14.7. The average Bonchev–Trinajstić information content (AvgIpc) is 3.02. The highest BCUT2D eigenvalue weighted by atomic mass is 16.1. The molecule has 4 aromatic rings. The van der Waals surface area contributed by atoms with Crippen molar-refractivity contribution in [2.24, 2.45) is 0 Å². The highest BCUT2D eigenvalue weighted by Crippen LogP contribution is 2.40. The van der Waals surface area contributed by atoms with Crippen LogP contribution < -0.4 is 5.56 Å². The van der Waals surface area contributed by atoms with Crippen LogP contribution in [0, 0.1) is 0 Å². The van der Waals surface area contributed by atoms with E-state index >= 15 is 0 Å². The Morgan fingerprint density at radius 1 is 0.815 bits per heavy atom. The topological polar surface area (TPSA) is 52.0 Å². The fraction of sp³-hybridized carbons (Fsp3) is 0.0870. The van der Waals surface area contributed by atoms with Gasteiger partial charge < -0.3 is 0 Å². The second kappa shape index (κ2) is 5.74. The summed E-state index contributed by atoms with van der Waals surface area (Å²) in [5.74, 6) is -0.0289. The first kappa shape index (κ1) is 15.7. The Kier molecular flexibility index (Phi) is 3.34. The lowest BCUT2D eigenvalue weighted by Gasteiger charge is -2.20. The number of aromatic nitrogens is 2. The van der Waals surface area contributed by atoms with E-state index in [1.54, 1.807) is 16.8 Å². The minimum Gasteiger partial charge on any atom is -0.298 e. The highest BCUT2D eigenvalue weighted by Gasteiger charge is 2.33. The largest absolute Gasteiger partial charge is 0.298 e. The molecule has 2 aromatic heterocycles. The van der Waals surface area contributed by atoms with Crippen LogP contribution in [0.5, 0.6) is 0 Å². The number of nitrogens with zero attached hydrogens (tertiary/aromatic N) is 2. The van der Waals surface area contributed by atoms with E-state index in [-0.39, 0.29) is 17.4 Å². The molecule has 0 N–H and O–H groups in total. The van der Waals surface area contributed by atoms with Crippen LogP contribution in [-0.4, -0.2) is 15.3 Å². The maximum atomic E-state index is 13.4. The Balaban J connectivity index is 1.95. The molecule has 5 rings (SSSR count). The van der Waals surface area contributed by atoms with Crippen LogP contribution in [0.3, 0.4) is 0 Å². The molecule has 1 unspecified atom stereocenters. The summed E-state index contributed by atoms with van der Waals surface area (Å²) in [6.07, 6.45) is 1.72. The number of pyridine rings is 2. The van der Waals surface area contributed by atoms with E-state index in [0.717, 1.165) is 11.3 Å². The van der Waals surface area contributed by atoms with E-state index in [4.69, 9.17) is 0 Å². The van der Waals surface area contributed by atoms with Gasteiger partial charge in [-0.15, -0.1) is 0 Å². The van der Waals surface area contributed by atoms with E-state index in [1.165, 1.54) is 0 Å². The van der Waals surface area contributed by atoms with Crippen LogP contribution in [0.1, 0.15) is 34.6 Å². The molecule has 0 aliphatic heterocycles. The second-order valence-corrected chi connectivity index (χ2v) is 6.75. The van der Waals surface area contributed by atoms with Crippen LogP contribution in [-0.2, 0) is 0 Å². The SMILES string of the molecule is CC(c1ccccn1)n1c2c(c3ccccc3c1=O)C(=O)c1ccccc1-2. The van der Waals surface area contributed by atoms with Gasteiger partial charge in [0.25, 0.3) is 5.56 Å². The highest BCUT2D eigenvalue weighted by molar-refractivity contribution is 6.26. The predicted molar refractivity (Wildman–Crippen MR) is 105 cm³/mol. The molecular formula is C23H16N2O2. The summed E-state index contributed by atoms with van der Waals surface area (Å²) in [6, 6.07) is 20.2. The Morgan fingerprint density at radius 3 is 2.22 bits per heavy atom. The summed E-state index contributed by atoms with van der Waals surface area (Å²) < 4.78 is 1.73. The molecule has 1 aliphatic rings. The normalized spacial score (nSPS) is 13.4. The summed E-state index contributed by atoms with van der Waals surface area (Å²) >= 11 is 0. The van der Waals surface area contributed by atoms with Crippen molar-refractivity contribution in [1.82, 2.24) is 9.55 Å². The molecule has 27 heavy (non-hydrogen) atoms. The van der Waals surface area contributed by atoms with E-state index in [1.807, 2.05) is 67.6 Å².